The zero-order valence-corrected chi connectivity index (χ0v) is 17.1. The molecule has 0 spiro atoms. The molecule has 0 aliphatic carbocycles. The zero-order valence-electron chi connectivity index (χ0n) is 14.2. The fraction of sp³-hybridized carbons (Fsp3) is 0.250. The summed E-state index contributed by atoms with van der Waals surface area (Å²) in [6, 6.07) is 0. The Morgan fingerprint density at radius 1 is 0.519 bits per heavy atom. The first-order valence-electron chi connectivity index (χ1n) is 5.13. The summed E-state index contributed by atoms with van der Waals surface area (Å²) in [5.41, 5.74) is 20.1. The molecule has 0 aliphatic heterocycles. The standard InChI is InChI=1S/C3H7NO2.5CH3NO2.Zn/c1-4(2)3(5)6;5*2-1(3)4;/h1-2H3,(H,5,6);5*2H2,(H,3,4);. The minimum atomic E-state index is -1.33. The Morgan fingerprint density at radius 3 is 0.556 bits per heavy atom. The van der Waals surface area contributed by atoms with Crippen molar-refractivity contribution in [3.8, 4) is 0 Å². The van der Waals surface area contributed by atoms with E-state index in [0.717, 1.165) is 4.90 Å². The molecule has 158 valence electrons. The van der Waals surface area contributed by atoms with E-state index in [2.05, 4.69) is 28.7 Å². The van der Waals surface area contributed by atoms with Crippen LogP contribution in [0.25, 0.3) is 0 Å². The maximum atomic E-state index is 9.62. The van der Waals surface area contributed by atoms with Gasteiger partial charge in [-0.05, 0) is 0 Å². The van der Waals surface area contributed by atoms with Crippen molar-refractivity contribution in [3.63, 3.8) is 0 Å². The van der Waals surface area contributed by atoms with E-state index < -0.39 is 36.6 Å². The molecule has 0 aromatic carbocycles. The van der Waals surface area contributed by atoms with Gasteiger partial charge in [0.05, 0.1) is 0 Å². The molecule has 0 unspecified atom stereocenters. The molecule has 18 nitrogen and oxygen atoms in total. The van der Waals surface area contributed by atoms with Gasteiger partial charge in [0, 0.05) is 33.6 Å². The Bertz CT molecular complexity index is 342. The van der Waals surface area contributed by atoms with Gasteiger partial charge in [0.2, 0.25) is 0 Å². The van der Waals surface area contributed by atoms with Crippen molar-refractivity contribution in [1.82, 2.24) is 4.90 Å². The van der Waals surface area contributed by atoms with Crippen LogP contribution in [0.4, 0.5) is 28.8 Å². The molecule has 0 fully saturated rings. The minimum Gasteiger partial charge on any atom is -0.465 e. The van der Waals surface area contributed by atoms with Gasteiger partial charge in [-0.1, -0.05) is 0 Å². The maximum absolute atomic E-state index is 9.62. The molecule has 0 saturated heterocycles. The third-order valence-electron chi connectivity index (χ3n) is 0.383. The summed E-state index contributed by atoms with van der Waals surface area (Å²) in [4.78, 5) is 54.6. The molecule has 19 heteroatoms. The van der Waals surface area contributed by atoms with Gasteiger partial charge < -0.3 is 64.2 Å². The molecule has 27 heavy (non-hydrogen) atoms. The number of hydrogen-bond acceptors (Lipinski definition) is 6. The number of nitrogens with zero attached hydrogens (tertiary/aromatic N) is 1. The number of nitrogens with two attached hydrogens (primary N) is 5. The van der Waals surface area contributed by atoms with Crippen molar-refractivity contribution in [2.24, 2.45) is 28.7 Å². The second kappa shape index (κ2) is 33.8. The molecule has 0 saturated carbocycles. The van der Waals surface area contributed by atoms with Crippen molar-refractivity contribution in [2.75, 3.05) is 14.1 Å². The van der Waals surface area contributed by atoms with Crippen LogP contribution in [-0.2, 0) is 19.5 Å². The van der Waals surface area contributed by atoms with Crippen molar-refractivity contribution in [3.05, 3.63) is 0 Å². The van der Waals surface area contributed by atoms with Gasteiger partial charge in [0.15, 0.2) is 0 Å². The van der Waals surface area contributed by atoms with Crippen molar-refractivity contribution in [1.29, 1.82) is 0 Å². The molecular weight excluding hydrogens is 438 g/mol. The molecule has 0 aromatic heterocycles. The monoisotopic (exact) mass is 458 g/mol. The van der Waals surface area contributed by atoms with Crippen LogP contribution in [0.15, 0.2) is 0 Å². The SMILES string of the molecule is CN(C)C(=O)O.NC(=O)O.NC(=O)O.NC(=O)O.NC(=O)O.NC(=O)O.[Zn]. The summed E-state index contributed by atoms with van der Waals surface area (Å²) in [5, 5.41) is 43.9. The Morgan fingerprint density at radius 2 is 0.556 bits per heavy atom. The third-order valence-corrected chi connectivity index (χ3v) is 0.383. The van der Waals surface area contributed by atoms with Crippen LogP contribution in [0, 0.1) is 0 Å². The van der Waals surface area contributed by atoms with Crippen LogP contribution in [0.1, 0.15) is 0 Å². The molecule has 16 N–H and O–H groups in total. The first-order chi connectivity index (χ1) is 11.3. The first-order valence-corrected chi connectivity index (χ1v) is 5.13. The molecule has 0 bridgehead atoms. The van der Waals surface area contributed by atoms with Gasteiger partial charge in [0.1, 0.15) is 0 Å². The molecule has 0 rings (SSSR count). The quantitative estimate of drug-likeness (QED) is 0.181. The maximum Gasteiger partial charge on any atom is 0.406 e. The predicted octanol–water partition coefficient (Wildman–Crippen LogP) is -1.66. The summed E-state index contributed by atoms with van der Waals surface area (Å²) in [5.74, 6) is 0. The number of amides is 6. The van der Waals surface area contributed by atoms with Gasteiger partial charge in [-0.15, -0.1) is 0 Å². The van der Waals surface area contributed by atoms with Gasteiger partial charge in [-0.3, -0.25) is 0 Å². The second-order valence-electron chi connectivity index (χ2n) is 2.87. The molecule has 6 amide bonds. The summed E-state index contributed by atoms with van der Waals surface area (Å²) < 4.78 is 0. The topological polar surface area (TPSA) is 357 Å². The average Bonchev–Trinajstić information content (AvgIpc) is 2.23. The Kier molecular flexibility index (Phi) is 54.5. The molecule has 0 heterocycles. The molecule has 0 aromatic rings. The molecule has 0 atom stereocenters. The summed E-state index contributed by atoms with van der Waals surface area (Å²) >= 11 is 0. The molecular formula is C8H22N6O12Zn. The van der Waals surface area contributed by atoms with Crippen molar-refractivity contribution < 1.29 is 78.9 Å². The number of carboxylic acid groups (broad SMARTS) is 6. The Balaban J connectivity index is -0.0000000356. The number of primary amides is 5. The molecule has 0 aliphatic rings. The van der Waals surface area contributed by atoms with Crippen LogP contribution >= 0.6 is 0 Å². The fourth-order valence-electron chi connectivity index (χ4n) is 0. The summed E-state index contributed by atoms with van der Waals surface area (Å²) in [6.07, 6.45) is -7.57. The smallest absolute Gasteiger partial charge is 0.406 e. The van der Waals surface area contributed by atoms with E-state index in [1.54, 1.807) is 0 Å². The summed E-state index contributed by atoms with van der Waals surface area (Å²) in [7, 11) is 2.95. The van der Waals surface area contributed by atoms with E-state index in [1.165, 1.54) is 14.1 Å². The summed E-state index contributed by atoms with van der Waals surface area (Å²) in [6.45, 7) is 0. The van der Waals surface area contributed by atoms with Crippen molar-refractivity contribution >= 4 is 36.6 Å². The van der Waals surface area contributed by atoms with E-state index in [4.69, 9.17) is 54.6 Å². The Hall–Kier alpha value is -3.76. The van der Waals surface area contributed by atoms with Crippen LogP contribution in [0.2, 0.25) is 0 Å². The van der Waals surface area contributed by atoms with Gasteiger partial charge in [0.25, 0.3) is 0 Å². The normalized spacial score (nSPS) is 6.15. The van der Waals surface area contributed by atoms with E-state index >= 15 is 0 Å². The van der Waals surface area contributed by atoms with Crippen molar-refractivity contribution in [2.45, 2.75) is 0 Å². The third kappa shape index (κ3) is 154000. The zero-order chi connectivity index (χ0) is 23.0. The van der Waals surface area contributed by atoms with E-state index in [1.807, 2.05) is 0 Å². The van der Waals surface area contributed by atoms with Gasteiger partial charge in [-0.2, -0.15) is 0 Å². The average molecular weight is 460 g/mol. The molecule has 0 radical (unpaired) electrons. The number of hydrogen-bond donors (Lipinski definition) is 11. The van der Waals surface area contributed by atoms with Crippen LogP contribution in [0.5, 0.6) is 0 Å². The fourth-order valence-corrected chi connectivity index (χ4v) is 0. The van der Waals surface area contributed by atoms with Gasteiger partial charge in [-0.25, -0.2) is 28.8 Å². The first kappa shape index (κ1) is 43.6. The largest absolute Gasteiger partial charge is 0.465 e. The Labute approximate surface area is 163 Å². The predicted molar refractivity (Wildman–Crippen MR) is 82.8 cm³/mol. The number of carbonyl (C=O) groups is 6. The van der Waals surface area contributed by atoms with E-state index in [-0.39, 0.29) is 19.5 Å². The van der Waals surface area contributed by atoms with Gasteiger partial charge >= 0.3 is 36.6 Å². The number of rotatable bonds is 0. The minimum absolute atomic E-state index is 0. The second-order valence-corrected chi connectivity index (χ2v) is 2.87. The van der Waals surface area contributed by atoms with Crippen LogP contribution in [0.3, 0.4) is 0 Å². The van der Waals surface area contributed by atoms with Crippen LogP contribution < -0.4 is 28.7 Å². The van der Waals surface area contributed by atoms with E-state index in [9.17, 15) is 4.79 Å². The van der Waals surface area contributed by atoms with E-state index in [0.29, 0.717) is 0 Å². The van der Waals surface area contributed by atoms with Crippen LogP contribution in [-0.4, -0.2) is 86.2 Å².